The highest BCUT2D eigenvalue weighted by Crippen LogP contribution is 2.35. The molecule has 1 fully saturated rings. The van der Waals surface area contributed by atoms with E-state index in [0.29, 0.717) is 24.9 Å². The van der Waals surface area contributed by atoms with Gasteiger partial charge in [0.1, 0.15) is 10.6 Å². The fraction of sp³-hybridized carbons (Fsp3) is 0.333. The molecule has 3 rings (SSSR count). The van der Waals surface area contributed by atoms with Crippen LogP contribution in [0, 0.1) is 0 Å². The molecule has 0 aromatic heterocycles. The number of rotatable bonds is 4. The minimum atomic E-state index is -4.66. The Morgan fingerprint density at radius 1 is 1.04 bits per heavy atom. The van der Waals surface area contributed by atoms with Gasteiger partial charge in [-0.1, -0.05) is 23.7 Å². The van der Waals surface area contributed by atoms with Crippen LogP contribution in [-0.4, -0.2) is 46.0 Å². The molecule has 0 bridgehead atoms. The number of nitrogens with zero attached hydrogens (tertiary/aromatic N) is 2. The molecular formula is C18H18ClF3N2O3S. The third kappa shape index (κ3) is 4.06. The van der Waals surface area contributed by atoms with Crippen LogP contribution in [0.1, 0.15) is 5.56 Å². The van der Waals surface area contributed by atoms with Crippen LogP contribution >= 0.6 is 11.6 Å². The minimum Gasteiger partial charge on any atom is -0.495 e. The topological polar surface area (TPSA) is 49.9 Å². The van der Waals surface area contributed by atoms with Crippen LogP contribution in [0.25, 0.3) is 0 Å². The van der Waals surface area contributed by atoms with E-state index in [1.54, 1.807) is 13.2 Å². The van der Waals surface area contributed by atoms with Crippen molar-refractivity contribution in [3.63, 3.8) is 0 Å². The van der Waals surface area contributed by atoms with Crippen molar-refractivity contribution in [1.29, 1.82) is 0 Å². The third-order valence-electron chi connectivity index (χ3n) is 4.54. The van der Waals surface area contributed by atoms with E-state index >= 15 is 0 Å². The summed E-state index contributed by atoms with van der Waals surface area (Å²) in [5.74, 6) is 0.666. The first kappa shape index (κ1) is 20.8. The Morgan fingerprint density at radius 3 is 2.29 bits per heavy atom. The second-order valence-electron chi connectivity index (χ2n) is 6.21. The van der Waals surface area contributed by atoms with Crippen molar-refractivity contribution < 1.29 is 26.3 Å². The maximum absolute atomic E-state index is 13.0. The Morgan fingerprint density at radius 2 is 1.68 bits per heavy atom. The van der Waals surface area contributed by atoms with Gasteiger partial charge >= 0.3 is 6.18 Å². The molecule has 5 nitrogen and oxygen atoms in total. The lowest BCUT2D eigenvalue weighted by Crippen LogP contribution is -2.48. The van der Waals surface area contributed by atoms with Gasteiger partial charge in [0, 0.05) is 26.2 Å². The first-order valence-corrected chi connectivity index (χ1v) is 10.2. The Kier molecular flexibility index (Phi) is 5.79. The van der Waals surface area contributed by atoms with Crippen molar-refractivity contribution in [2.24, 2.45) is 0 Å². The molecule has 0 unspecified atom stereocenters. The van der Waals surface area contributed by atoms with Crippen molar-refractivity contribution in [2.45, 2.75) is 11.1 Å². The van der Waals surface area contributed by atoms with Gasteiger partial charge in [0.05, 0.1) is 23.4 Å². The van der Waals surface area contributed by atoms with E-state index < -0.39 is 26.7 Å². The second-order valence-corrected chi connectivity index (χ2v) is 8.52. The van der Waals surface area contributed by atoms with Crippen molar-refractivity contribution in [2.75, 3.05) is 38.2 Å². The van der Waals surface area contributed by atoms with Crippen LogP contribution in [0.15, 0.2) is 47.4 Å². The molecule has 0 radical (unpaired) electrons. The van der Waals surface area contributed by atoms with Crippen molar-refractivity contribution >= 4 is 27.3 Å². The summed E-state index contributed by atoms with van der Waals surface area (Å²) >= 11 is 5.91. The Labute approximate surface area is 166 Å². The van der Waals surface area contributed by atoms with Gasteiger partial charge in [0.15, 0.2) is 0 Å². The molecule has 1 aliphatic heterocycles. The fourth-order valence-electron chi connectivity index (χ4n) is 3.08. The maximum Gasteiger partial charge on any atom is 0.416 e. The first-order valence-electron chi connectivity index (χ1n) is 8.39. The number of halogens is 4. The number of piperazine rings is 1. The zero-order valence-corrected chi connectivity index (χ0v) is 16.5. The number of alkyl halides is 3. The number of hydrogen-bond donors (Lipinski definition) is 0. The van der Waals surface area contributed by atoms with Crippen molar-refractivity contribution in [1.82, 2.24) is 4.31 Å². The van der Waals surface area contributed by atoms with E-state index in [0.717, 1.165) is 22.1 Å². The molecule has 0 spiro atoms. The summed E-state index contributed by atoms with van der Waals surface area (Å²) in [6.07, 6.45) is -4.66. The summed E-state index contributed by atoms with van der Waals surface area (Å²) in [4.78, 5) is 1.44. The summed E-state index contributed by atoms with van der Waals surface area (Å²) < 4.78 is 71.2. The van der Waals surface area contributed by atoms with Gasteiger partial charge in [-0.05, 0) is 30.3 Å². The molecular weight excluding hydrogens is 417 g/mol. The van der Waals surface area contributed by atoms with E-state index in [2.05, 4.69) is 0 Å². The predicted octanol–water partition coefficient (Wildman–Crippen LogP) is 3.88. The average Bonchev–Trinajstić information content (AvgIpc) is 2.67. The SMILES string of the molecule is COc1ccccc1N1CCN(S(=O)(=O)c2cc(C(F)(F)F)ccc2Cl)CC1. The molecule has 10 heteroatoms. The van der Waals surface area contributed by atoms with Crippen LogP contribution in [0.3, 0.4) is 0 Å². The van der Waals surface area contributed by atoms with Gasteiger partial charge in [-0.15, -0.1) is 0 Å². The normalized spacial score (nSPS) is 16.2. The van der Waals surface area contributed by atoms with Gasteiger partial charge < -0.3 is 9.64 Å². The number of para-hydroxylation sites is 2. The number of ether oxygens (including phenoxy) is 1. The number of anilines is 1. The van der Waals surface area contributed by atoms with E-state index in [1.807, 2.05) is 23.1 Å². The molecule has 0 aliphatic carbocycles. The van der Waals surface area contributed by atoms with Crippen LogP contribution in [0.2, 0.25) is 5.02 Å². The predicted molar refractivity (Wildman–Crippen MR) is 100 cm³/mol. The average molecular weight is 435 g/mol. The Hall–Kier alpha value is -1.97. The van der Waals surface area contributed by atoms with Gasteiger partial charge in [-0.3, -0.25) is 0 Å². The highest BCUT2D eigenvalue weighted by molar-refractivity contribution is 7.89. The largest absolute Gasteiger partial charge is 0.495 e. The van der Waals surface area contributed by atoms with Crippen LogP contribution in [0.4, 0.5) is 18.9 Å². The zero-order chi connectivity index (χ0) is 20.5. The third-order valence-corrected chi connectivity index (χ3v) is 6.92. The highest BCUT2D eigenvalue weighted by atomic mass is 35.5. The number of sulfonamides is 1. The van der Waals surface area contributed by atoms with Crippen molar-refractivity contribution in [3.05, 3.63) is 53.1 Å². The monoisotopic (exact) mass is 434 g/mol. The lowest BCUT2D eigenvalue weighted by molar-refractivity contribution is -0.137. The molecule has 2 aromatic rings. The molecule has 0 atom stereocenters. The Bertz CT molecular complexity index is 959. The number of benzene rings is 2. The lowest BCUT2D eigenvalue weighted by Gasteiger charge is -2.36. The smallest absolute Gasteiger partial charge is 0.416 e. The van der Waals surface area contributed by atoms with Crippen LogP contribution in [0.5, 0.6) is 5.75 Å². The highest BCUT2D eigenvalue weighted by Gasteiger charge is 2.35. The summed E-state index contributed by atoms with van der Waals surface area (Å²) in [7, 11) is -2.60. The summed E-state index contributed by atoms with van der Waals surface area (Å²) in [6, 6.07) is 9.67. The standard InChI is InChI=1S/C18H18ClF3N2O3S/c1-27-16-5-3-2-4-15(16)23-8-10-24(11-9-23)28(25,26)17-12-13(18(20,21)22)6-7-14(17)19/h2-7,12H,8-11H2,1H3. The first-order chi connectivity index (χ1) is 13.1. The molecule has 0 N–H and O–H groups in total. The Balaban J connectivity index is 1.82. The molecule has 1 heterocycles. The molecule has 28 heavy (non-hydrogen) atoms. The summed E-state index contributed by atoms with van der Waals surface area (Å²) in [5, 5.41) is -0.236. The molecule has 1 aliphatic rings. The van der Waals surface area contributed by atoms with Crippen molar-refractivity contribution in [3.8, 4) is 5.75 Å². The molecule has 1 saturated heterocycles. The van der Waals surface area contributed by atoms with E-state index in [9.17, 15) is 21.6 Å². The molecule has 2 aromatic carbocycles. The number of hydrogen-bond acceptors (Lipinski definition) is 4. The van der Waals surface area contributed by atoms with Gasteiger partial charge in [-0.2, -0.15) is 17.5 Å². The van der Waals surface area contributed by atoms with Gasteiger partial charge in [0.25, 0.3) is 0 Å². The molecule has 152 valence electrons. The summed E-state index contributed by atoms with van der Waals surface area (Å²) in [6.45, 7) is 0.978. The number of methoxy groups -OCH3 is 1. The fourth-order valence-corrected chi connectivity index (χ4v) is 5.00. The summed E-state index contributed by atoms with van der Waals surface area (Å²) in [5.41, 5.74) is -0.220. The zero-order valence-electron chi connectivity index (χ0n) is 14.9. The van der Waals surface area contributed by atoms with Gasteiger partial charge in [0.2, 0.25) is 10.0 Å². The van der Waals surface area contributed by atoms with E-state index in [1.165, 1.54) is 0 Å². The lowest BCUT2D eigenvalue weighted by atomic mass is 10.2. The van der Waals surface area contributed by atoms with Crippen LogP contribution < -0.4 is 9.64 Å². The quantitative estimate of drug-likeness (QED) is 0.732. The maximum atomic E-state index is 13.0. The molecule has 0 amide bonds. The molecule has 0 saturated carbocycles. The minimum absolute atomic E-state index is 0.118. The second kappa shape index (κ2) is 7.81. The van der Waals surface area contributed by atoms with Crippen LogP contribution in [-0.2, 0) is 16.2 Å². The van der Waals surface area contributed by atoms with E-state index in [4.69, 9.17) is 16.3 Å². The van der Waals surface area contributed by atoms with E-state index in [-0.39, 0.29) is 18.1 Å². The van der Waals surface area contributed by atoms with Gasteiger partial charge in [-0.25, -0.2) is 8.42 Å².